The van der Waals surface area contributed by atoms with E-state index >= 15 is 0 Å². The highest BCUT2D eigenvalue weighted by Gasteiger charge is 2.63. The molecular formula is C22H32N4O4. The molecule has 2 fully saturated rings. The minimum Gasteiger partial charge on any atom is -0.508 e. The number of piperidine rings is 1. The van der Waals surface area contributed by atoms with Crippen LogP contribution in [0.5, 0.6) is 5.75 Å². The Morgan fingerprint density at radius 2 is 2.07 bits per heavy atom. The summed E-state index contributed by atoms with van der Waals surface area (Å²) in [6.07, 6.45) is 2.39. The van der Waals surface area contributed by atoms with E-state index in [4.69, 9.17) is 0 Å². The average molecular weight is 417 g/mol. The van der Waals surface area contributed by atoms with Crippen LogP contribution in [0.25, 0.3) is 0 Å². The minimum absolute atomic E-state index is 0.0192. The highest BCUT2D eigenvalue weighted by molar-refractivity contribution is 5.95. The number of carbonyl (C=O) groups is 2. The zero-order valence-electron chi connectivity index (χ0n) is 17.8. The Bertz CT molecular complexity index is 844. The standard InChI is InChI=1S/C22H32N4O4/c1-25(2)10-11-26-9-7-21-14-19(28)24-20(29)23-8-3-6-22(21,30)18(26)12-15-4-5-16(27)13-17(15)21/h4-5,13,18,27,30H,3,6-12,14H2,1-2H3,(H2,23,24,28,29)/t18-,21-,22-/m1/s1. The largest absolute Gasteiger partial charge is 0.508 e. The Kier molecular flexibility index (Phi) is 5.50. The number of phenols is 1. The number of rotatable bonds is 3. The molecule has 164 valence electrons. The van der Waals surface area contributed by atoms with Gasteiger partial charge < -0.3 is 20.4 Å². The van der Waals surface area contributed by atoms with E-state index in [2.05, 4.69) is 20.4 Å². The van der Waals surface area contributed by atoms with E-state index in [9.17, 15) is 19.8 Å². The molecule has 0 aromatic heterocycles. The van der Waals surface area contributed by atoms with Gasteiger partial charge in [0.25, 0.3) is 0 Å². The van der Waals surface area contributed by atoms with Gasteiger partial charge in [-0.1, -0.05) is 6.07 Å². The maximum Gasteiger partial charge on any atom is 0.321 e. The van der Waals surface area contributed by atoms with Gasteiger partial charge in [0.05, 0.1) is 5.60 Å². The highest BCUT2D eigenvalue weighted by Crippen LogP contribution is 2.55. The van der Waals surface area contributed by atoms with Crippen molar-refractivity contribution < 1.29 is 19.8 Å². The molecule has 0 saturated carbocycles. The summed E-state index contributed by atoms with van der Waals surface area (Å²) in [7, 11) is 4.08. The first-order valence-corrected chi connectivity index (χ1v) is 10.8. The van der Waals surface area contributed by atoms with E-state index in [1.165, 1.54) is 0 Å². The molecule has 1 aromatic rings. The fourth-order valence-electron chi connectivity index (χ4n) is 5.78. The number of benzene rings is 1. The topological polar surface area (TPSA) is 105 Å². The normalized spacial score (nSPS) is 32.1. The number of imide groups is 1. The molecule has 4 rings (SSSR count). The van der Waals surface area contributed by atoms with Crippen molar-refractivity contribution in [3.8, 4) is 5.75 Å². The molecule has 2 bridgehead atoms. The molecule has 4 N–H and O–H groups in total. The van der Waals surface area contributed by atoms with E-state index in [1.807, 2.05) is 20.2 Å². The smallest absolute Gasteiger partial charge is 0.321 e. The van der Waals surface area contributed by atoms with Crippen LogP contribution in [0.1, 0.15) is 36.8 Å². The molecule has 0 unspecified atom stereocenters. The number of aliphatic hydroxyl groups is 1. The van der Waals surface area contributed by atoms with E-state index in [0.29, 0.717) is 32.2 Å². The monoisotopic (exact) mass is 416 g/mol. The van der Waals surface area contributed by atoms with Crippen LogP contribution < -0.4 is 10.6 Å². The van der Waals surface area contributed by atoms with Crippen LogP contribution >= 0.6 is 0 Å². The lowest BCUT2D eigenvalue weighted by atomic mass is 9.52. The summed E-state index contributed by atoms with van der Waals surface area (Å²) < 4.78 is 0. The molecular weight excluding hydrogens is 384 g/mol. The number of hydrogen-bond donors (Lipinski definition) is 4. The van der Waals surface area contributed by atoms with Gasteiger partial charge >= 0.3 is 6.03 Å². The second-order valence-electron chi connectivity index (χ2n) is 9.24. The fourth-order valence-corrected chi connectivity index (χ4v) is 5.78. The van der Waals surface area contributed by atoms with Gasteiger partial charge in [-0.2, -0.15) is 0 Å². The number of carbonyl (C=O) groups excluding carboxylic acids is 2. The average Bonchev–Trinajstić information content (AvgIpc) is 2.67. The molecule has 2 aliphatic heterocycles. The van der Waals surface area contributed by atoms with Crippen molar-refractivity contribution in [3.05, 3.63) is 29.3 Å². The summed E-state index contributed by atoms with van der Waals surface area (Å²) in [5, 5.41) is 27.6. The molecule has 1 aliphatic carbocycles. The predicted octanol–water partition coefficient (Wildman–Crippen LogP) is 0.563. The molecule has 8 heteroatoms. The lowest BCUT2D eigenvalue weighted by Crippen LogP contribution is -2.72. The van der Waals surface area contributed by atoms with Crippen LogP contribution in [0.15, 0.2) is 18.2 Å². The SMILES string of the molecule is CN(C)CCN1CC[C@]23CC(=O)NC(=O)NCCC[C@@]2(O)[C@H]1Cc1ccc(O)cc13. The number of likely N-dealkylation sites (tertiary alicyclic amines) is 1. The summed E-state index contributed by atoms with van der Waals surface area (Å²) >= 11 is 0. The van der Waals surface area contributed by atoms with Gasteiger partial charge in [0.1, 0.15) is 5.75 Å². The van der Waals surface area contributed by atoms with Crippen LogP contribution in [0, 0.1) is 0 Å². The van der Waals surface area contributed by atoms with Gasteiger partial charge in [-0.3, -0.25) is 15.0 Å². The summed E-state index contributed by atoms with van der Waals surface area (Å²) in [6, 6.07) is 4.69. The van der Waals surface area contributed by atoms with Crippen molar-refractivity contribution in [2.24, 2.45) is 0 Å². The van der Waals surface area contributed by atoms with Crippen LogP contribution in [0.2, 0.25) is 0 Å². The maximum atomic E-state index is 12.8. The number of nitrogens with zero attached hydrogens (tertiary/aromatic N) is 2. The zero-order valence-corrected chi connectivity index (χ0v) is 17.8. The number of urea groups is 1. The molecule has 2 saturated heterocycles. The van der Waals surface area contributed by atoms with Gasteiger partial charge in [0.2, 0.25) is 5.91 Å². The van der Waals surface area contributed by atoms with Gasteiger partial charge in [0.15, 0.2) is 0 Å². The van der Waals surface area contributed by atoms with Crippen molar-refractivity contribution in [3.63, 3.8) is 0 Å². The number of nitrogens with one attached hydrogen (secondary N) is 2. The van der Waals surface area contributed by atoms with Crippen molar-refractivity contribution >= 4 is 11.9 Å². The molecule has 0 radical (unpaired) electrons. The molecule has 1 aromatic carbocycles. The third kappa shape index (κ3) is 3.46. The quantitative estimate of drug-likeness (QED) is 0.574. The number of fused-ring (bicyclic) bond motifs is 1. The van der Waals surface area contributed by atoms with Crippen molar-refractivity contribution in [1.82, 2.24) is 20.4 Å². The lowest BCUT2D eigenvalue weighted by Gasteiger charge is -2.62. The number of hydrogen-bond acceptors (Lipinski definition) is 6. The van der Waals surface area contributed by atoms with Gasteiger partial charge in [-0.15, -0.1) is 0 Å². The summed E-state index contributed by atoms with van der Waals surface area (Å²) in [5.41, 5.74) is -0.0473. The van der Waals surface area contributed by atoms with E-state index < -0.39 is 23.0 Å². The first-order valence-electron chi connectivity index (χ1n) is 10.8. The molecule has 8 nitrogen and oxygen atoms in total. The fraction of sp³-hybridized carbons (Fsp3) is 0.636. The Morgan fingerprint density at radius 3 is 2.83 bits per heavy atom. The minimum atomic E-state index is -1.13. The van der Waals surface area contributed by atoms with E-state index in [-0.39, 0.29) is 18.2 Å². The van der Waals surface area contributed by atoms with Gasteiger partial charge in [-0.25, -0.2) is 4.79 Å². The van der Waals surface area contributed by atoms with Gasteiger partial charge in [0, 0.05) is 37.5 Å². The zero-order chi connectivity index (χ0) is 21.5. The molecule has 30 heavy (non-hydrogen) atoms. The summed E-state index contributed by atoms with van der Waals surface area (Å²) in [4.78, 5) is 29.3. The summed E-state index contributed by atoms with van der Waals surface area (Å²) in [6.45, 7) is 2.88. The third-order valence-corrected chi connectivity index (χ3v) is 7.24. The van der Waals surface area contributed by atoms with Crippen molar-refractivity contribution in [1.29, 1.82) is 0 Å². The second kappa shape index (κ2) is 7.83. The molecule has 0 spiro atoms. The Balaban J connectivity index is 1.82. The highest BCUT2D eigenvalue weighted by atomic mass is 16.3. The number of amides is 3. The molecule has 3 amide bonds. The number of phenolic OH excluding ortho intramolecular Hbond substituents is 1. The number of likely N-dealkylation sites (N-methyl/N-ethyl adjacent to an activating group) is 1. The molecule has 2 heterocycles. The van der Waals surface area contributed by atoms with E-state index in [1.54, 1.807) is 12.1 Å². The molecule has 3 aliphatic rings. The first-order chi connectivity index (χ1) is 14.2. The Labute approximate surface area is 177 Å². The van der Waals surface area contributed by atoms with E-state index in [0.717, 1.165) is 30.8 Å². The predicted molar refractivity (Wildman–Crippen MR) is 112 cm³/mol. The lowest BCUT2D eigenvalue weighted by molar-refractivity contribution is -0.160. The van der Waals surface area contributed by atoms with Crippen LogP contribution in [0.3, 0.4) is 0 Å². The Hall–Kier alpha value is -2.16. The number of aromatic hydroxyl groups is 1. The van der Waals surface area contributed by atoms with Crippen LogP contribution in [0.4, 0.5) is 4.79 Å². The first kappa shape index (κ1) is 21.1. The Morgan fingerprint density at radius 1 is 1.27 bits per heavy atom. The second-order valence-corrected chi connectivity index (χ2v) is 9.24. The van der Waals surface area contributed by atoms with Crippen molar-refractivity contribution in [2.45, 2.75) is 49.2 Å². The third-order valence-electron chi connectivity index (χ3n) is 7.24. The van der Waals surface area contributed by atoms with Crippen LogP contribution in [-0.4, -0.2) is 83.9 Å². The van der Waals surface area contributed by atoms with Crippen molar-refractivity contribution in [2.75, 3.05) is 40.3 Å². The van der Waals surface area contributed by atoms with Crippen LogP contribution in [-0.2, 0) is 16.6 Å². The van der Waals surface area contributed by atoms with Gasteiger partial charge in [-0.05, 0) is 69.6 Å². The maximum absolute atomic E-state index is 12.8. The summed E-state index contributed by atoms with van der Waals surface area (Å²) in [5.74, 6) is -0.265. The molecule has 3 atom stereocenters.